The third-order valence-electron chi connectivity index (χ3n) is 4.14. The molecule has 3 aromatic rings. The fourth-order valence-electron chi connectivity index (χ4n) is 2.80. The third kappa shape index (κ3) is 3.44. The summed E-state index contributed by atoms with van der Waals surface area (Å²) in [7, 11) is 0. The number of rotatable bonds is 4. The average Bonchev–Trinajstić information content (AvgIpc) is 3.36. The van der Waals surface area contributed by atoms with Crippen molar-refractivity contribution in [3.05, 3.63) is 50.3 Å². The van der Waals surface area contributed by atoms with E-state index in [0.29, 0.717) is 5.69 Å². The van der Waals surface area contributed by atoms with Crippen molar-refractivity contribution in [2.75, 3.05) is 26.2 Å². The topological polar surface area (TPSA) is 36.4 Å². The van der Waals surface area contributed by atoms with E-state index in [1.165, 1.54) is 5.56 Å². The SMILES string of the molecule is O=C(c1csc(-c2ccsc2)n1)N1CCN(Cc2ccsc2)CC1. The predicted octanol–water partition coefficient (Wildman–Crippen LogP) is 3.89. The summed E-state index contributed by atoms with van der Waals surface area (Å²) >= 11 is 4.92. The molecule has 0 aliphatic carbocycles. The second kappa shape index (κ2) is 7.14. The molecule has 4 heterocycles. The lowest BCUT2D eigenvalue weighted by Crippen LogP contribution is -2.48. The summed E-state index contributed by atoms with van der Waals surface area (Å²) < 4.78 is 0. The van der Waals surface area contributed by atoms with E-state index >= 15 is 0 Å². The molecule has 0 bridgehead atoms. The summed E-state index contributed by atoms with van der Waals surface area (Å²) in [5.74, 6) is 0.0583. The number of carbonyl (C=O) groups is 1. The van der Waals surface area contributed by atoms with Gasteiger partial charge in [0.2, 0.25) is 0 Å². The summed E-state index contributed by atoms with van der Waals surface area (Å²) in [5.41, 5.74) is 3.04. The molecule has 1 aliphatic heterocycles. The number of hydrogen-bond donors (Lipinski definition) is 0. The van der Waals surface area contributed by atoms with E-state index in [0.717, 1.165) is 43.3 Å². The van der Waals surface area contributed by atoms with Crippen molar-refractivity contribution in [2.45, 2.75) is 6.54 Å². The van der Waals surface area contributed by atoms with Gasteiger partial charge >= 0.3 is 0 Å². The Kier molecular flexibility index (Phi) is 4.75. The van der Waals surface area contributed by atoms with Gasteiger partial charge in [0.15, 0.2) is 0 Å². The zero-order valence-electron chi connectivity index (χ0n) is 13.1. The van der Waals surface area contributed by atoms with Gasteiger partial charge in [-0.15, -0.1) is 11.3 Å². The minimum absolute atomic E-state index is 0.0583. The van der Waals surface area contributed by atoms with Crippen LogP contribution in [-0.2, 0) is 6.54 Å². The van der Waals surface area contributed by atoms with Crippen LogP contribution in [0, 0.1) is 0 Å². The summed E-state index contributed by atoms with van der Waals surface area (Å²) in [6.45, 7) is 4.36. The van der Waals surface area contributed by atoms with Crippen LogP contribution in [0.3, 0.4) is 0 Å². The Morgan fingerprint density at radius 2 is 1.83 bits per heavy atom. The van der Waals surface area contributed by atoms with Gasteiger partial charge in [-0.25, -0.2) is 4.98 Å². The van der Waals surface area contributed by atoms with Crippen molar-refractivity contribution in [1.29, 1.82) is 0 Å². The highest BCUT2D eigenvalue weighted by Gasteiger charge is 2.24. The molecule has 24 heavy (non-hydrogen) atoms. The maximum Gasteiger partial charge on any atom is 0.273 e. The van der Waals surface area contributed by atoms with E-state index in [9.17, 15) is 4.79 Å². The van der Waals surface area contributed by atoms with Crippen LogP contribution in [0.15, 0.2) is 39.0 Å². The molecule has 7 heteroatoms. The molecule has 0 spiro atoms. The Bertz CT molecular complexity index is 787. The van der Waals surface area contributed by atoms with E-state index in [1.54, 1.807) is 34.0 Å². The zero-order chi connectivity index (χ0) is 16.4. The second-order valence-corrected chi connectivity index (χ2v) is 8.17. The molecule has 1 amide bonds. The maximum absolute atomic E-state index is 12.7. The summed E-state index contributed by atoms with van der Waals surface area (Å²) in [6.07, 6.45) is 0. The van der Waals surface area contributed by atoms with Crippen LogP contribution in [0.5, 0.6) is 0 Å². The summed E-state index contributed by atoms with van der Waals surface area (Å²) in [4.78, 5) is 21.5. The van der Waals surface area contributed by atoms with Crippen LogP contribution in [0.1, 0.15) is 16.1 Å². The molecule has 0 aromatic carbocycles. The van der Waals surface area contributed by atoms with Crippen molar-refractivity contribution < 1.29 is 4.79 Å². The largest absolute Gasteiger partial charge is 0.335 e. The maximum atomic E-state index is 12.7. The van der Waals surface area contributed by atoms with E-state index in [4.69, 9.17) is 0 Å². The Labute approximate surface area is 153 Å². The first-order valence-electron chi connectivity index (χ1n) is 7.80. The highest BCUT2D eigenvalue weighted by molar-refractivity contribution is 7.14. The van der Waals surface area contributed by atoms with Gasteiger partial charge in [-0.1, -0.05) is 0 Å². The molecule has 0 radical (unpaired) electrons. The summed E-state index contributed by atoms with van der Waals surface area (Å²) in [6, 6.07) is 4.21. The molecule has 4 rings (SSSR count). The van der Waals surface area contributed by atoms with E-state index in [2.05, 4.69) is 32.1 Å². The number of amides is 1. The van der Waals surface area contributed by atoms with Crippen LogP contribution in [0.25, 0.3) is 10.6 Å². The van der Waals surface area contributed by atoms with Crippen molar-refractivity contribution in [1.82, 2.24) is 14.8 Å². The number of aromatic nitrogens is 1. The number of carbonyl (C=O) groups excluding carboxylic acids is 1. The van der Waals surface area contributed by atoms with Gasteiger partial charge in [0.05, 0.1) is 0 Å². The first kappa shape index (κ1) is 16.0. The first-order valence-corrected chi connectivity index (χ1v) is 10.6. The van der Waals surface area contributed by atoms with Crippen LogP contribution in [0.2, 0.25) is 0 Å². The fraction of sp³-hybridized carbons (Fsp3) is 0.294. The number of nitrogens with zero attached hydrogens (tertiary/aromatic N) is 3. The first-order chi connectivity index (χ1) is 11.8. The highest BCUT2D eigenvalue weighted by Crippen LogP contribution is 2.26. The van der Waals surface area contributed by atoms with Crippen molar-refractivity contribution >= 4 is 39.9 Å². The van der Waals surface area contributed by atoms with Crippen molar-refractivity contribution in [3.63, 3.8) is 0 Å². The molecule has 0 atom stereocenters. The smallest absolute Gasteiger partial charge is 0.273 e. The standard InChI is InChI=1S/C17H17N3OS3/c21-17(15-12-24-16(18-15)14-2-8-23-11-14)20-5-3-19(4-6-20)9-13-1-7-22-10-13/h1-2,7-8,10-12H,3-6,9H2. The van der Waals surface area contributed by atoms with Gasteiger partial charge in [-0.3, -0.25) is 9.69 Å². The van der Waals surface area contributed by atoms with Crippen LogP contribution >= 0.6 is 34.0 Å². The molecular formula is C17H17N3OS3. The zero-order valence-corrected chi connectivity index (χ0v) is 15.5. The molecular weight excluding hydrogens is 358 g/mol. The molecule has 0 saturated carbocycles. The highest BCUT2D eigenvalue weighted by atomic mass is 32.1. The Morgan fingerprint density at radius 3 is 2.54 bits per heavy atom. The molecule has 3 aromatic heterocycles. The molecule has 0 unspecified atom stereocenters. The van der Waals surface area contributed by atoms with Crippen LogP contribution < -0.4 is 0 Å². The third-order valence-corrected chi connectivity index (χ3v) is 6.44. The summed E-state index contributed by atoms with van der Waals surface area (Å²) in [5, 5.41) is 11.2. The van der Waals surface area contributed by atoms with Crippen molar-refractivity contribution in [3.8, 4) is 10.6 Å². The fourth-order valence-corrected chi connectivity index (χ4v) is 4.97. The van der Waals surface area contributed by atoms with Gasteiger partial charge in [0, 0.05) is 49.0 Å². The van der Waals surface area contributed by atoms with E-state index < -0.39 is 0 Å². The lowest BCUT2D eigenvalue weighted by Gasteiger charge is -2.34. The molecule has 0 N–H and O–H groups in total. The monoisotopic (exact) mass is 375 g/mol. The minimum atomic E-state index is 0.0583. The second-order valence-electron chi connectivity index (χ2n) is 5.75. The Balaban J connectivity index is 1.36. The van der Waals surface area contributed by atoms with E-state index in [1.807, 2.05) is 21.7 Å². The van der Waals surface area contributed by atoms with Gasteiger partial charge < -0.3 is 4.90 Å². The van der Waals surface area contributed by atoms with Crippen LogP contribution in [-0.4, -0.2) is 46.9 Å². The molecule has 1 fully saturated rings. The number of thiazole rings is 1. The van der Waals surface area contributed by atoms with Gasteiger partial charge in [0.25, 0.3) is 5.91 Å². The lowest BCUT2D eigenvalue weighted by molar-refractivity contribution is 0.0624. The van der Waals surface area contributed by atoms with Gasteiger partial charge in [-0.05, 0) is 33.8 Å². The van der Waals surface area contributed by atoms with Crippen molar-refractivity contribution in [2.24, 2.45) is 0 Å². The van der Waals surface area contributed by atoms with Crippen LogP contribution in [0.4, 0.5) is 0 Å². The minimum Gasteiger partial charge on any atom is -0.335 e. The Morgan fingerprint density at radius 1 is 1.04 bits per heavy atom. The average molecular weight is 376 g/mol. The molecule has 124 valence electrons. The molecule has 4 nitrogen and oxygen atoms in total. The van der Waals surface area contributed by atoms with E-state index in [-0.39, 0.29) is 5.91 Å². The lowest BCUT2D eigenvalue weighted by atomic mass is 10.2. The molecule has 1 aliphatic rings. The normalized spacial score (nSPS) is 15.8. The molecule has 1 saturated heterocycles. The predicted molar refractivity (Wildman–Crippen MR) is 101 cm³/mol. The number of thiophene rings is 2. The van der Waals surface area contributed by atoms with Gasteiger partial charge in [0.1, 0.15) is 10.7 Å². The quantitative estimate of drug-likeness (QED) is 0.694. The van der Waals surface area contributed by atoms with Gasteiger partial charge in [-0.2, -0.15) is 22.7 Å². The number of hydrogen-bond acceptors (Lipinski definition) is 6. The number of piperazine rings is 1. The Hall–Kier alpha value is -1.54.